The first-order valence-electron chi connectivity index (χ1n) is 8.89. The summed E-state index contributed by atoms with van der Waals surface area (Å²) >= 11 is 7.42. The van der Waals surface area contributed by atoms with Crippen molar-refractivity contribution in [3.63, 3.8) is 0 Å². The third-order valence-electron chi connectivity index (χ3n) is 4.78. The van der Waals surface area contributed by atoms with E-state index in [0.717, 1.165) is 10.5 Å². The van der Waals surface area contributed by atoms with Crippen molar-refractivity contribution >= 4 is 46.5 Å². The number of rotatable bonds is 6. The number of hydrogen-bond donors (Lipinski definition) is 1. The number of benzene rings is 1. The number of anilines is 1. The number of nitriles is 1. The lowest BCUT2D eigenvalue weighted by molar-refractivity contribution is -0.134. The summed E-state index contributed by atoms with van der Waals surface area (Å²) in [6.07, 6.45) is 0.112. The van der Waals surface area contributed by atoms with E-state index in [1.54, 1.807) is 37.3 Å². The van der Waals surface area contributed by atoms with E-state index in [4.69, 9.17) is 16.9 Å². The predicted molar refractivity (Wildman–Crippen MR) is 111 cm³/mol. The van der Waals surface area contributed by atoms with Crippen LogP contribution in [0.3, 0.4) is 0 Å². The van der Waals surface area contributed by atoms with Crippen molar-refractivity contribution in [3.8, 4) is 6.07 Å². The molecule has 29 heavy (non-hydrogen) atoms. The van der Waals surface area contributed by atoms with Crippen LogP contribution in [0.1, 0.15) is 23.8 Å². The second-order valence-corrected chi connectivity index (χ2v) is 8.17. The van der Waals surface area contributed by atoms with Gasteiger partial charge in [0.05, 0.1) is 12.5 Å². The number of carbonyl (C=O) groups excluding carboxylic acids is 3. The molecule has 1 fully saturated rings. The van der Waals surface area contributed by atoms with E-state index in [-0.39, 0.29) is 13.0 Å². The van der Waals surface area contributed by atoms with Crippen molar-refractivity contribution in [2.75, 3.05) is 18.0 Å². The lowest BCUT2D eigenvalue weighted by atomic mass is 10.0. The molecule has 1 N–H and O–H groups in total. The summed E-state index contributed by atoms with van der Waals surface area (Å²) in [5, 5.41) is 14.0. The summed E-state index contributed by atoms with van der Waals surface area (Å²) in [6.45, 7) is 3.16. The fourth-order valence-corrected chi connectivity index (χ4v) is 4.10. The van der Waals surface area contributed by atoms with Crippen LogP contribution in [0.15, 0.2) is 35.7 Å². The molecule has 0 aliphatic carbocycles. The molecule has 2 aromatic rings. The van der Waals surface area contributed by atoms with Crippen molar-refractivity contribution < 1.29 is 14.4 Å². The largest absolute Gasteiger partial charge is 0.325 e. The topological polar surface area (TPSA) is 93.5 Å². The summed E-state index contributed by atoms with van der Waals surface area (Å²) < 4.78 is 0. The molecule has 150 valence electrons. The van der Waals surface area contributed by atoms with Gasteiger partial charge in [0.2, 0.25) is 5.91 Å². The third-order valence-corrected chi connectivity index (χ3v) is 6.30. The van der Waals surface area contributed by atoms with Gasteiger partial charge in [-0.2, -0.15) is 5.26 Å². The molecule has 7 nitrogen and oxygen atoms in total. The van der Waals surface area contributed by atoms with E-state index >= 15 is 0 Å². The highest BCUT2D eigenvalue weighted by Gasteiger charge is 2.50. The van der Waals surface area contributed by atoms with E-state index < -0.39 is 29.9 Å². The summed E-state index contributed by atoms with van der Waals surface area (Å²) in [5.41, 5.74) is 0.138. The average Bonchev–Trinajstić information content (AvgIpc) is 3.29. The SMILES string of the molecule is Cc1cc(N(CCC#N)C(=O)CN2C(=O)NC(C)(c3cccs3)C2=O)ccc1Cl. The van der Waals surface area contributed by atoms with E-state index in [0.29, 0.717) is 15.6 Å². The second kappa shape index (κ2) is 8.23. The molecule has 0 spiro atoms. The Balaban J connectivity index is 1.84. The zero-order valence-corrected chi connectivity index (χ0v) is 17.5. The third kappa shape index (κ3) is 3.97. The highest BCUT2D eigenvalue weighted by Crippen LogP contribution is 2.32. The Bertz CT molecular complexity index is 1000. The normalized spacial score (nSPS) is 18.5. The molecular weight excluding hydrogens is 412 g/mol. The molecule has 1 atom stereocenters. The minimum absolute atomic E-state index is 0.112. The summed E-state index contributed by atoms with van der Waals surface area (Å²) in [6, 6.07) is 10.0. The Morgan fingerprint density at radius 3 is 2.76 bits per heavy atom. The van der Waals surface area contributed by atoms with Crippen molar-refractivity contribution in [1.82, 2.24) is 10.2 Å². The van der Waals surface area contributed by atoms with Crippen molar-refractivity contribution in [2.24, 2.45) is 0 Å². The Morgan fingerprint density at radius 1 is 1.38 bits per heavy atom. The number of aryl methyl sites for hydroxylation is 1. The van der Waals surface area contributed by atoms with Crippen LogP contribution in [-0.4, -0.2) is 35.8 Å². The van der Waals surface area contributed by atoms with Crippen molar-refractivity contribution in [3.05, 3.63) is 51.2 Å². The predicted octanol–water partition coefficient (Wildman–Crippen LogP) is 3.42. The maximum atomic E-state index is 13.0. The summed E-state index contributed by atoms with van der Waals surface area (Å²) in [7, 11) is 0. The van der Waals surface area contributed by atoms with Gasteiger partial charge in [-0.05, 0) is 49.1 Å². The molecule has 1 aromatic carbocycles. The fraction of sp³-hybridized carbons (Fsp3) is 0.300. The second-order valence-electron chi connectivity index (χ2n) is 6.81. The van der Waals surface area contributed by atoms with Crippen molar-refractivity contribution in [2.45, 2.75) is 25.8 Å². The van der Waals surface area contributed by atoms with Gasteiger partial charge in [-0.1, -0.05) is 17.7 Å². The highest BCUT2D eigenvalue weighted by atomic mass is 35.5. The van der Waals surface area contributed by atoms with Crippen LogP contribution in [0.4, 0.5) is 10.5 Å². The number of thiophene rings is 1. The van der Waals surface area contributed by atoms with Gasteiger partial charge in [0.15, 0.2) is 5.54 Å². The Hall–Kier alpha value is -2.89. The van der Waals surface area contributed by atoms with Gasteiger partial charge < -0.3 is 10.2 Å². The minimum atomic E-state index is -1.19. The first-order valence-corrected chi connectivity index (χ1v) is 10.1. The number of nitrogens with one attached hydrogen (secondary N) is 1. The van der Waals surface area contributed by atoms with Crippen LogP contribution in [0.5, 0.6) is 0 Å². The maximum Gasteiger partial charge on any atom is 0.325 e. The number of imide groups is 1. The van der Waals surface area contributed by atoms with Crippen LogP contribution in [-0.2, 0) is 15.1 Å². The number of carbonyl (C=O) groups is 3. The molecule has 4 amide bonds. The monoisotopic (exact) mass is 430 g/mol. The van der Waals surface area contributed by atoms with Gasteiger partial charge in [-0.3, -0.25) is 14.5 Å². The molecule has 0 saturated carbocycles. The molecule has 9 heteroatoms. The van der Waals surface area contributed by atoms with Gasteiger partial charge in [0.1, 0.15) is 6.54 Å². The summed E-state index contributed by atoms with van der Waals surface area (Å²) in [5.74, 6) is -0.938. The van der Waals surface area contributed by atoms with Crippen LogP contribution in [0.25, 0.3) is 0 Å². The van der Waals surface area contributed by atoms with Crippen LogP contribution in [0, 0.1) is 18.3 Å². The first-order chi connectivity index (χ1) is 13.8. The average molecular weight is 431 g/mol. The quantitative estimate of drug-likeness (QED) is 0.710. The number of hydrogen-bond acceptors (Lipinski definition) is 5. The zero-order valence-electron chi connectivity index (χ0n) is 15.9. The Labute approximate surface area is 177 Å². The molecule has 2 heterocycles. The van der Waals surface area contributed by atoms with Gasteiger partial charge in [-0.15, -0.1) is 11.3 Å². The fourth-order valence-electron chi connectivity index (χ4n) is 3.15. The van der Waals surface area contributed by atoms with Crippen molar-refractivity contribution in [1.29, 1.82) is 5.26 Å². The van der Waals surface area contributed by atoms with Crippen LogP contribution < -0.4 is 10.2 Å². The molecule has 3 rings (SSSR count). The number of amides is 4. The van der Waals surface area contributed by atoms with Crippen LogP contribution >= 0.6 is 22.9 Å². The van der Waals surface area contributed by atoms with E-state index in [1.165, 1.54) is 16.2 Å². The van der Waals surface area contributed by atoms with E-state index in [1.807, 2.05) is 18.4 Å². The molecular formula is C20H19ClN4O3S. The number of halogens is 1. The molecule has 1 aromatic heterocycles. The molecule has 1 unspecified atom stereocenters. The van der Waals surface area contributed by atoms with Crippen LogP contribution in [0.2, 0.25) is 5.02 Å². The number of urea groups is 1. The van der Waals surface area contributed by atoms with Gasteiger partial charge in [0.25, 0.3) is 5.91 Å². The Morgan fingerprint density at radius 2 is 2.14 bits per heavy atom. The zero-order chi connectivity index (χ0) is 21.2. The minimum Gasteiger partial charge on any atom is -0.319 e. The molecule has 0 bridgehead atoms. The molecule has 1 saturated heterocycles. The number of nitrogens with zero attached hydrogens (tertiary/aromatic N) is 3. The smallest absolute Gasteiger partial charge is 0.319 e. The van der Waals surface area contributed by atoms with Gasteiger partial charge >= 0.3 is 6.03 Å². The molecule has 0 radical (unpaired) electrons. The maximum absolute atomic E-state index is 13.0. The van der Waals surface area contributed by atoms with Gasteiger partial charge in [0, 0.05) is 22.1 Å². The van der Waals surface area contributed by atoms with Gasteiger partial charge in [-0.25, -0.2) is 4.79 Å². The highest BCUT2D eigenvalue weighted by molar-refractivity contribution is 7.10. The first kappa shape index (κ1) is 20.8. The Kier molecular flexibility index (Phi) is 5.91. The standard InChI is InChI=1S/C20H19ClN4O3S/c1-13-11-14(6-7-15(13)21)24(9-4-8-22)17(26)12-25-18(27)20(2,23-19(25)28)16-5-3-10-29-16/h3,5-7,10-11H,4,9,12H2,1-2H3,(H,23,28). The van der Waals surface area contributed by atoms with E-state index in [9.17, 15) is 14.4 Å². The summed E-state index contributed by atoms with van der Waals surface area (Å²) in [4.78, 5) is 41.4. The van der Waals surface area contributed by atoms with E-state index in [2.05, 4.69) is 5.32 Å². The lowest BCUT2D eigenvalue weighted by Gasteiger charge is -2.25. The lowest BCUT2D eigenvalue weighted by Crippen LogP contribution is -2.44. The molecule has 1 aliphatic rings. The molecule has 1 aliphatic heterocycles.